The predicted molar refractivity (Wildman–Crippen MR) is 73.8 cm³/mol. The molecule has 17 heavy (non-hydrogen) atoms. The van der Waals surface area contributed by atoms with E-state index in [9.17, 15) is 0 Å². The third-order valence-electron chi connectivity index (χ3n) is 2.52. The zero-order valence-electron chi connectivity index (χ0n) is 11.6. The number of ether oxygens (including phenoxy) is 1. The lowest BCUT2D eigenvalue weighted by Gasteiger charge is -2.17. The van der Waals surface area contributed by atoms with E-state index in [1.165, 1.54) is 15.6 Å². The maximum Gasteiger partial charge on any atom is 0.0929 e. The van der Waals surface area contributed by atoms with Gasteiger partial charge in [0.15, 0.2) is 0 Å². The highest BCUT2D eigenvalue weighted by atomic mass is 32.1. The molecule has 0 radical (unpaired) electrons. The van der Waals surface area contributed by atoms with E-state index in [1.807, 2.05) is 11.3 Å². The van der Waals surface area contributed by atoms with Crippen LogP contribution in [0.1, 0.15) is 43.3 Å². The summed E-state index contributed by atoms with van der Waals surface area (Å²) in [6.45, 7) is 11.4. The van der Waals surface area contributed by atoms with Gasteiger partial charge in [0.25, 0.3) is 0 Å². The molecule has 0 aliphatic rings. The Kier molecular flexibility index (Phi) is 5.56. The van der Waals surface area contributed by atoms with Crippen molar-refractivity contribution in [2.75, 3.05) is 20.3 Å². The van der Waals surface area contributed by atoms with Crippen LogP contribution in [-0.2, 0) is 23.1 Å². The highest BCUT2D eigenvalue weighted by Gasteiger charge is 2.22. The van der Waals surface area contributed by atoms with Crippen LogP contribution in [-0.4, -0.2) is 25.2 Å². The van der Waals surface area contributed by atoms with E-state index < -0.39 is 0 Å². The minimum atomic E-state index is 0.127. The van der Waals surface area contributed by atoms with Crippen molar-refractivity contribution in [3.05, 3.63) is 15.6 Å². The summed E-state index contributed by atoms with van der Waals surface area (Å²) < 4.78 is 5.03. The van der Waals surface area contributed by atoms with Crippen LogP contribution in [0, 0.1) is 0 Å². The molecule has 0 atom stereocenters. The topological polar surface area (TPSA) is 34.2 Å². The molecule has 0 aliphatic carbocycles. The normalized spacial score (nSPS) is 12.1. The summed E-state index contributed by atoms with van der Waals surface area (Å²) in [7, 11) is 1.73. The molecule has 0 saturated heterocycles. The smallest absolute Gasteiger partial charge is 0.0929 e. The maximum atomic E-state index is 5.03. The number of methoxy groups -OCH3 is 1. The minimum Gasteiger partial charge on any atom is -0.383 e. The molecule has 0 fully saturated rings. The number of aryl methyl sites for hydroxylation is 1. The van der Waals surface area contributed by atoms with Gasteiger partial charge in [-0.3, -0.25) is 0 Å². The number of rotatable bonds is 6. The van der Waals surface area contributed by atoms with E-state index in [1.54, 1.807) is 7.11 Å². The van der Waals surface area contributed by atoms with E-state index >= 15 is 0 Å². The molecule has 0 unspecified atom stereocenters. The van der Waals surface area contributed by atoms with Gasteiger partial charge >= 0.3 is 0 Å². The number of nitrogens with zero attached hydrogens (tertiary/aromatic N) is 1. The van der Waals surface area contributed by atoms with Crippen molar-refractivity contribution in [3.8, 4) is 0 Å². The predicted octanol–water partition coefficient (Wildman–Crippen LogP) is 2.74. The van der Waals surface area contributed by atoms with Crippen molar-refractivity contribution >= 4 is 11.3 Å². The molecule has 0 spiro atoms. The first kappa shape index (κ1) is 14.6. The van der Waals surface area contributed by atoms with Crippen LogP contribution in [0.15, 0.2) is 0 Å². The number of thiazole rings is 1. The molecule has 1 rings (SSSR count). The molecular weight excluding hydrogens is 232 g/mol. The van der Waals surface area contributed by atoms with Crippen LogP contribution in [0.25, 0.3) is 0 Å². The van der Waals surface area contributed by atoms with Gasteiger partial charge in [-0.15, -0.1) is 11.3 Å². The lowest BCUT2D eigenvalue weighted by Crippen LogP contribution is -2.21. The summed E-state index contributed by atoms with van der Waals surface area (Å²) in [6, 6.07) is 0. The van der Waals surface area contributed by atoms with E-state index in [2.05, 4.69) is 33.0 Å². The average Bonchev–Trinajstić information content (AvgIpc) is 2.67. The van der Waals surface area contributed by atoms with Crippen LogP contribution in [0.4, 0.5) is 0 Å². The Morgan fingerprint density at radius 2 is 2.06 bits per heavy atom. The molecule has 0 aliphatic heterocycles. The van der Waals surface area contributed by atoms with Crippen LogP contribution < -0.4 is 5.32 Å². The van der Waals surface area contributed by atoms with Gasteiger partial charge in [0.1, 0.15) is 0 Å². The molecule has 3 nitrogen and oxygen atoms in total. The molecule has 0 aromatic carbocycles. The Morgan fingerprint density at radius 1 is 1.35 bits per heavy atom. The van der Waals surface area contributed by atoms with E-state index in [-0.39, 0.29) is 5.41 Å². The van der Waals surface area contributed by atoms with Gasteiger partial charge in [-0.25, -0.2) is 4.98 Å². The molecule has 1 heterocycles. The first-order chi connectivity index (χ1) is 7.99. The highest BCUT2D eigenvalue weighted by Crippen LogP contribution is 2.29. The molecule has 1 N–H and O–H groups in total. The van der Waals surface area contributed by atoms with Crippen molar-refractivity contribution in [3.63, 3.8) is 0 Å². The highest BCUT2D eigenvalue weighted by molar-refractivity contribution is 7.11. The lowest BCUT2D eigenvalue weighted by molar-refractivity contribution is 0.199. The van der Waals surface area contributed by atoms with Crippen LogP contribution in [0.5, 0.6) is 0 Å². The summed E-state index contributed by atoms with van der Waals surface area (Å²) in [5.41, 5.74) is 1.37. The second kappa shape index (κ2) is 6.47. The van der Waals surface area contributed by atoms with Crippen LogP contribution >= 0.6 is 11.3 Å². The number of hydrogen-bond acceptors (Lipinski definition) is 4. The Bertz CT molecular complexity index is 342. The second-order valence-corrected chi connectivity index (χ2v) is 6.32. The third kappa shape index (κ3) is 4.37. The lowest BCUT2D eigenvalue weighted by atomic mass is 9.91. The fourth-order valence-electron chi connectivity index (χ4n) is 1.63. The van der Waals surface area contributed by atoms with Crippen molar-refractivity contribution in [1.82, 2.24) is 10.3 Å². The summed E-state index contributed by atoms with van der Waals surface area (Å²) in [6.07, 6.45) is 1.02. The van der Waals surface area contributed by atoms with Gasteiger partial charge in [-0.2, -0.15) is 0 Å². The Labute approximate surface area is 109 Å². The Balaban J connectivity index is 2.72. The van der Waals surface area contributed by atoms with Gasteiger partial charge in [0, 0.05) is 30.5 Å². The van der Waals surface area contributed by atoms with E-state index in [0.717, 1.165) is 26.1 Å². The molecule has 0 amide bonds. The van der Waals surface area contributed by atoms with E-state index in [4.69, 9.17) is 9.72 Å². The van der Waals surface area contributed by atoms with Crippen molar-refractivity contribution < 1.29 is 4.74 Å². The minimum absolute atomic E-state index is 0.127. The quantitative estimate of drug-likeness (QED) is 0.795. The number of nitrogens with one attached hydrogen (secondary N) is 1. The standard InChI is InChI=1S/C13H24N2OS/c1-6-11-15-12(13(2,3)4)10(17-11)9-14-7-8-16-5/h14H,6-9H2,1-5H3. The zero-order chi connectivity index (χ0) is 12.9. The van der Waals surface area contributed by atoms with Gasteiger partial charge in [-0.1, -0.05) is 27.7 Å². The number of aromatic nitrogens is 1. The Hall–Kier alpha value is -0.450. The van der Waals surface area contributed by atoms with Crippen molar-refractivity contribution in [2.24, 2.45) is 0 Å². The molecule has 0 bridgehead atoms. The first-order valence-corrected chi connectivity index (χ1v) is 6.99. The van der Waals surface area contributed by atoms with Crippen LogP contribution in [0.2, 0.25) is 0 Å². The van der Waals surface area contributed by atoms with Gasteiger partial charge in [0.05, 0.1) is 17.3 Å². The molecule has 98 valence electrons. The van der Waals surface area contributed by atoms with Gasteiger partial charge < -0.3 is 10.1 Å². The molecule has 1 aromatic heterocycles. The SMILES string of the molecule is CCc1nc(C(C)(C)C)c(CNCCOC)s1. The summed E-state index contributed by atoms with van der Waals surface area (Å²) in [4.78, 5) is 6.11. The molecule has 4 heteroatoms. The van der Waals surface area contributed by atoms with Crippen LogP contribution in [0.3, 0.4) is 0 Å². The molecule has 0 saturated carbocycles. The van der Waals surface area contributed by atoms with Gasteiger partial charge in [-0.05, 0) is 6.42 Å². The second-order valence-electron chi connectivity index (χ2n) is 5.15. The Morgan fingerprint density at radius 3 is 2.59 bits per heavy atom. The summed E-state index contributed by atoms with van der Waals surface area (Å²) >= 11 is 1.83. The summed E-state index contributed by atoms with van der Waals surface area (Å²) in [5.74, 6) is 0. The largest absolute Gasteiger partial charge is 0.383 e. The van der Waals surface area contributed by atoms with Crippen molar-refractivity contribution in [1.29, 1.82) is 0 Å². The summed E-state index contributed by atoms with van der Waals surface area (Å²) in [5, 5.41) is 4.63. The monoisotopic (exact) mass is 256 g/mol. The van der Waals surface area contributed by atoms with Crippen molar-refractivity contribution in [2.45, 2.75) is 46.1 Å². The molecular formula is C13H24N2OS. The fourth-order valence-corrected chi connectivity index (χ4v) is 2.82. The fraction of sp³-hybridized carbons (Fsp3) is 0.769. The zero-order valence-corrected chi connectivity index (χ0v) is 12.4. The van der Waals surface area contributed by atoms with E-state index in [0.29, 0.717) is 0 Å². The van der Waals surface area contributed by atoms with Gasteiger partial charge in [0.2, 0.25) is 0 Å². The molecule has 1 aromatic rings. The third-order valence-corrected chi connectivity index (χ3v) is 3.72. The first-order valence-electron chi connectivity index (χ1n) is 6.17. The number of hydrogen-bond donors (Lipinski definition) is 1. The maximum absolute atomic E-state index is 5.03. The average molecular weight is 256 g/mol.